The van der Waals surface area contributed by atoms with Gasteiger partial charge in [0.2, 0.25) is 0 Å². The van der Waals surface area contributed by atoms with E-state index in [4.69, 9.17) is 5.73 Å². The second-order valence-corrected chi connectivity index (χ2v) is 5.58. The van der Waals surface area contributed by atoms with Crippen molar-refractivity contribution >= 4 is 0 Å². The molecule has 1 heterocycles. The van der Waals surface area contributed by atoms with Gasteiger partial charge in [0.1, 0.15) is 0 Å². The van der Waals surface area contributed by atoms with Crippen molar-refractivity contribution in [3.05, 3.63) is 0 Å². The van der Waals surface area contributed by atoms with E-state index in [0.29, 0.717) is 6.54 Å². The van der Waals surface area contributed by atoms with E-state index >= 15 is 0 Å². The summed E-state index contributed by atoms with van der Waals surface area (Å²) in [6.07, 6.45) is 6.71. The van der Waals surface area contributed by atoms with Crippen LogP contribution in [0.25, 0.3) is 0 Å². The van der Waals surface area contributed by atoms with E-state index < -0.39 is 5.60 Å². The van der Waals surface area contributed by atoms with Gasteiger partial charge < -0.3 is 15.7 Å². The summed E-state index contributed by atoms with van der Waals surface area (Å²) in [6.45, 7) is 8.31. The van der Waals surface area contributed by atoms with E-state index in [1.54, 1.807) is 0 Å². The molecule has 0 aliphatic carbocycles. The van der Waals surface area contributed by atoms with Gasteiger partial charge in [-0.3, -0.25) is 0 Å². The Bertz CT molecular complexity index is 196. The third-order valence-electron chi connectivity index (χ3n) is 4.44. The molecule has 102 valence electrons. The first kappa shape index (κ1) is 14.9. The zero-order valence-corrected chi connectivity index (χ0v) is 11.6. The Balaban J connectivity index is 2.15. The van der Waals surface area contributed by atoms with E-state index in [2.05, 4.69) is 11.8 Å². The lowest BCUT2D eigenvalue weighted by molar-refractivity contribution is 0.0304. The lowest BCUT2D eigenvalue weighted by Gasteiger charge is -2.32. The molecule has 3 heteroatoms. The normalized spacial score (nSPS) is 22.6. The molecule has 0 radical (unpaired) electrons. The number of hydrogen-bond donors (Lipinski definition) is 2. The molecule has 0 spiro atoms. The standard InChI is InChI=1S/C14H30N2O/c1-3-13-6-10-16(11-7-13)9-5-8-14(17,4-2)12-15/h13,17H,3-12,15H2,1-2H3. The van der Waals surface area contributed by atoms with Crippen molar-refractivity contribution in [1.82, 2.24) is 4.90 Å². The summed E-state index contributed by atoms with van der Waals surface area (Å²) in [4.78, 5) is 2.54. The van der Waals surface area contributed by atoms with Gasteiger partial charge >= 0.3 is 0 Å². The van der Waals surface area contributed by atoms with Gasteiger partial charge in [-0.2, -0.15) is 0 Å². The summed E-state index contributed by atoms with van der Waals surface area (Å²) >= 11 is 0. The zero-order valence-electron chi connectivity index (χ0n) is 11.6. The van der Waals surface area contributed by atoms with E-state index in [1.165, 1.54) is 32.4 Å². The fourth-order valence-electron chi connectivity index (χ4n) is 2.67. The first-order chi connectivity index (χ1) is 8.13. The summed E-state index contributed by atoms with van der Waals surface area (Å²) in [7, 11) is 0. The third-order valence-corrected chi connectivity index (χ3v) is 4.44. The summed E-state index contributed by atoms with van der Waals surface area (Å²) in [5.41, 5.74) is 4.99. The molecule has 1 unspecified atom stereocenters. The Labute approximate surface area is 106 Å². The Hall–Kier alpha value is -0.120. The highest BCUT2D eigenvalue weighted by Crippen LogP contribution is 2.21. The average molecular weight is 242 g/mol. The summed E-state index contributed by atoms with van der Waals surface area (Å²) < 4.78 is 0. The number of piperidine rings is 1. The lowest BCUT2D eigenvalue weighted by atomic mass is 9.93. The van der Waals surface area contributed by atoms with Crippen LogP contribution in [0.2, 0.25) is 0 Å². The van der Waals surface area contributed by atoms with Crippen molar-refractivity contribution in [2.75, 3.05) is 26.2 Å². The number of hydrogen-bond acceptors (Lipinski definition) is 3. The molecule has 17 heavy (non-hydrogen) atoms. The van der Waals surface area contributed by atoms with Crippen LogP contribution in [0.4, 0.5) is 0 Å². The van der Waals surface area contributed by atoms with Crippen molar-refractivity contribution < 1.29 is 5.11 Å². The minimum Gasteiger partial charge on any atom is -0.389 e. The molecular formula is C14H30N2O. The highest BCUT2D eigenvalue weighted by molar-refractivity contribution is 4.79. The molecule has 1 fully saturated rings. The Morgan fingerprint density at radius 3 is 2.41 bits per heavy atom. The first-order valence-corrected chi connectivity index (χ1v) is 7.28. The molecule has 1 aliphatic heterocycles. The van der Waals surface area contributed by atoms with Crippen molar-refractivity contribution in [3.63, 3.8) is 0 Å². The van der Waals surface area contributed by atoms with Crippen LogP contribution < -0.4 is 5.73 Å². The van der Waals surface area contributed by atoms with Crippen LogP contribution in [0, 0.1) is 5.92 Å². The topological polar surface area (TPSA) is 49.5 Å². The second-order valence-electron chi connectivity index (χ2n) is 5.58. The highest BCUT2D eigenvalue weighted by atomic mass is 16.3. The van der Waals surface area contributed by atoms with Crippen LogP contribution in [0.5, 0.6) is 0 Å². The first-order valence-electron chi connectivity index (χ1n) is 7.28. The molecule has 1 atom stereocenters. The zero-order chi connectivity index (χ0) is 12.7. The van der Waals surface area contributed by atoms with Crippen LogP contribution in [-0.4, -0.2) is 41.8 Å². The van der Waals surface area contributed by atoms with Crippen molar-refractivity contribution in [2.24, 2.45) is 11.7 Å². The van der Waals surface area contributed by atoms with Crippen LogP contribution >= 0.6 is 0 Å². The molecular weight excluding hydrogens is 212 g/mol. The highest BCUT2D eigenvalue weighted by Gasteiger charge is 2.23. The molecule has 0 saturated carbocycles. The minimum absolute atomic E-state index is 0.390. The van der Waals surface area contributed by atoms with Gasteiger partial charge in [0, 0.05) is 6.54 Å². The number of rotatable bonds is 7. The van der Waals surface area contributed by atoms with Gasteiger partial charge in [-0.15, -0.1) is 0 Å². The van der Waals surface area contributed by atoms with E-state index in [1.807, 2.05) is 6.92 Å². The van der Waals surface area contributed by atoms with Gasteiger partial charge in [0.25, 0.3) is 0 Å². The molecule has 0 amide bonds. The molecule has 1 rings (SSSR count). The summed E-state index contributed by atoms with van der Waals surface area (Å²) in [5, 5.41) is 10.1. The molecule has 0 aromatic rings. The molecule has 1 aliphatic rings. The van der Waals surface area contributed by atoms with Crippen LogP contribution in [0.3, 0.4) is 0 Å². The molecule has 0 bridgehead atoms. The average Bonchev–Trinajstić information content (AvgIpc) is 2.39. The van der Waals surface area contributed by atoms with Crippen LogP contribution in [0.1, 0.15) is 52.4 Å². The van der Waals surface area contributed by atoms with Gasteiger partial charge in [0.15, 0.2) is 0 Å². The summed E-state index contributed by atoms with van der Waals surface area (Å²) in [6, 6.07) is 0. The molecule has 1 saturated heterocycles. The predicted octanol–water partition coefficient (Wildman–Crippen LogP) is 1.99. The number of aliphatic hydroxyl groups is 1. The Kier molecular flexibility index (Phi) is 6.45. The third kappa shape index (κ3) is 4.94. The molecule has 0 aromatic carbocycles. The van der Waals surface area contributed by atoms with Crippen molar-refractivity contribution in [1.29, 1.82) is 0 Å². The van der Waals surface area contributed by atoms with Crippen molar-refractivity contribution in [3.8, 4) is 0 Å². The van der Waals surface area contributed by atoms with Crippen LogP contribution in [0.15, 0.2) is 0 Å². The Morgan fingerprint density at radius 1 is 1.29 bits per heavy atom. The second kappa shape index (κ2) is 7.34. The maximum atomic E-state index is 10.1. The smallest absolute Gasteiger partial charge is 0.0767 e. The number of nitrogens with zero attached hydrogens (tertiary/aromatic N) is 1. The minimum atomic E-state index is -0.623. The fourth-order valence-corrected chi connectivity index (χ4v) is 2.67. The van der Waals surface area contributed by atoms with E-state index in [0.717, 1.165) is 31.7 Å². The molecule has 3 nitrogen and oxygen atoms in total. The van der Waals surface area contributed by atoms with Gasteiger partial charge in [-0.05, 0) is 57.7 Å². The van der Waals surface area contributed by atoms with Gasteiger partial charge in [-0.25, -0.2) is 0 Å². The monoisotopic (exact) mass is 242 g/mol. The quantitative estimate of drug-likeness (QED) is 0.718. The summed E-state index contributed by atoms with van der Waals surface area (Å²) in [5.74, 6) is 0.947. The molecule has 3 N–H and O–H groups in total. The maximum absolute atomic E-state index is 10.1. The maximum Gasteiger partial charge on any atom is 0.0767 e. The predicted molar refractivity (Wildman–Crippen MR) is 73.0 cm³/mol. The van der Waals surface area contributed by atoms with Gasteiger partial charge in [-0.1, -0.05) is 20.3 Å². The van der Waals surface area contributed by atoms with Crippen LogP contribution in [-0.2, 0) is 0 Å². The van der Waals surface area contributed by atoms with E-state index in [9.17, 15) is 5.11 Å². The molecule has 0 aromatic heterocycles. The van der Waals surface area contributed by atoms with E-state index in [-0.39, 0.29) is 0 Å². The number of likely N-dealkylation sites (tertiary alicyclic amines) is 1. The number of nitrogens with two attached hydrogens (primary N) is 1. The Morgan fingerprint density at radius 2 is 1.94 bits per heavy atom. The lowest BCUT2D eigenvalue weighted by Crippen LogP contribution is -2.39. The van der Waals surface area contributed by atoms with Gasteiger partial charge in [0.05, 0.1) is 5.60 Å². The SMILES string of the molecule is CCC1CCN(CCCC(O)(CC)CN)CC1. The van der Waals surface area contributed by atoms with Crippen molar-refractivity contribution in [2.45, 2.75) is 58.0 Å². The largest absolute Gasteiger partial charge is 0.389 e. The fraction of sp³-hybridized carbons (Fsp3) is 1.00.